The summed E-state index contributed by atoms with van der Waals surface area (Å²) in [5, 5.41) is 13.5. The Kier molecular flexibility index (Phi) is 4.62. The quantitative estimate of drug-likeness (QED) is 0.469. The third kappa shape index (κ3) is 3.73. The van der Waals surface area contributed by atoms with E-state index in [1.54, 1.807) is 35.7 Å². The highest BCUT2D eigenvalue weighted by molar-refractivity contribution is 9.10. The van der Waals surface area contributed by atoms with E-state index < -0.39 is 15.4 Å². The molecule has 0 aliphatic carbocycles. The molecular weight excluding hydrogens is 400 g/mol. The average Bonchev–Trinajstić information content (AvgIpc) is 2.87. The van der Waals surface area contributed by atoms with Crippen LogP contribution in [0.1, 0.15) is 11.1 Å². The fraction of sp³-hybridized carbons (Fsp3) is 0. The maximum absolute atomic E-state index is 12.4. The van der Waals surface area contributed by atoms with Crippen LogP contribution in [0, 0.1) is 11.3 Å². The van der Waals surface area contributed by atoms with Crippen LogP contribution in [0.5, 0.6) is 0 Å². The highest BCUT2D eigenvalue weighted by atomic mass is 79.9. The van der Waals surface area contributed by atoms with Gasteiger partial charge in [0.25, 0.3) is 5.91 Å². The van der Waals surface area contributed by atoms with Crippen molar-refractivity contribution in [3.8, 4) is 6.07 Å². The van der Waals surface area contributed by atoms with E-state index in [1.165, 1.54) is 6.08 Å². The summed E-state index contributed by atoms with van der Waals surface area (Å²) < 4.78 is 13.2. The van der Waals surface area contributed by atoms with E-state index in [4.69, 9.17) is 0 Å². The first-order chi connectivity index (χ1) is 11.9. The van der Waals surface area contributed by atoms with Crippen LogP contribution >= 0.6 is 15.9 Å². The van der Waals surface area contributed by atoms with Gasteiger partial charge in [0.1, 0.15) is 11.6 Å². The average molecular weight is 413 g/mol. The summed E-state index contributed by atoms with van der Waals surface area (Å²) in [6.07, 6.45) is 3.27. The van der Waals surface area contributed by atoms with E-state index in [9.17, 15) is 14.3 Å². The summed E-state index contributed by atoms with van der Waals surface area (Å²) in [6, 6.07) is 14.3. The summed E-state index contributed by atoms with van der Waals surface area (Å²) in [5.74, 6) is 3.18. The van der Waals surface area contributed by atoms with Gasteiger partial charge in [-0.1, -0.05) is 34.1 Å². The zero-order valence-electron chi connectivity index (χ0n) is 13.0. The Morgan fingerprint density at radius 3 is 2.80 bits per heavy atom. The summed E-state index contributed by atoms with van der Waals surface area (Å²) in [4.78, 5) is 13.0. The van der Waals surface area contributed by atoms with E-state index in [-0.39, 0.29) is 5.57 Å². The van der Waals surface area contributed by atoms with Crippen molar-refractivity contribution in [2.75, 3.05) is 5.32 Å². The number of fused-ring (bicyclic) bond motifs is 1. The molecule has 0 saturated heterocycles. The molecule has 0 spiro atoms. The molecule has 1 unspecified atom stereocenters. The third-order valence-electron chi connectivity index (χ3n) is 3.64. The number of nitriles is 1. The third-order valence-corrected chi connectivity index (χ3v) is 5.80. The van der Waals surface area contributed by atoms with E-state index in [1.807, 2.05) is 24.3 Å². The van der Waals surface area contributed by atoms with Crippen molar-refractivity contribution in [2.24, 2.45) is 0 Å². The van der Waals surface area contributed by atoms with Gasteiger partial charge in [-0.15, -0.1) is 0 Å². The van der Waals surface area contributed by atoms with Crippen molar-refractivity contribution in [1.82, 2.24) is 0 Å². The van der Waals surface area contributed by atoms with Crippen molar-refractivity contribution in [3.63, 3.8) is 0 Å². The molecule has 0 saturated carbocycles. The van der Waals surface area contributed by atoms with Gasteiger partial charge in [0.15, 0.2) is 0 Å². The minimum Gasteiger partial charge on any atom is -0.321 e. The number of anilines is 1. The van der Waals surface area contributed by atoms with Gasteiger partial charge in [0, 0.05) is 24.6 Å². The molecule has 2 aromatic rings. The van der Waals surface area contributed by atoms with Crippen LogP contribution in [-0.4, -0.2) is 16.0 Å². The summed E-state index contributed by atoms with van der Waals surface area (Å²) >= 11 is 3.35. The second kappa shape index (κ2) is 6.71. The first kappa shape index (κ1) is 17.2. The predicted molar refractivity (Wildman–Crippen MR) is 105 cm³/mol. The lowest BCUT2D eigenvalue weighted by molar-refractivity contribution is -0.112. The maximum Gasteiger partial charge on any atom is 0.266 e. The first-order valence-corrected chi connectivity index (χ1v) is 9.85. The summed E-state index contributed by atoms with van der Waals surface area (Å²) in [7, 11) is -2.46. The summed E-state index contributed by atoms with van der Waals surface area (Å²) in [6.45, 7) is 0. The standard InChI is InChI=1S/C19H13BrN2O2S/c1-25(24)8-7-14-5-6-17(11-18(14)25)22-19(23)15(12-21)9-13-3-2-4-16(20)10-13/h2-11H,1H2,(H,22,23). The molecule has 1 atom stereocenters. The van der Waals surface area contributed by atoms with Gasteiger partial charge in [0.05, 0.1) is 0 Å². The van der Waals surface area contributed by atoms with Crippen LogP contribution in [0.15, 0.2) is 62.8 Å². The van der Waals surface area contributed by atoms with Crippen molar-refractivity contribution in [2.45, 2.75) is 4.90 Å². The molecule has 0 radical (unpaired) electrons. The predicted octanol–water partition coefficient (Wildman–Crippen LogP) is 4.05. The van der Waals surface area contributed by atoms with Crippen LogP contribution in [-0.2, 0) is 14.3 Å². The van der Waals surface area contributed by atoms with Gasteiger partial charge in [-0.2, -0.15) is 5.26 Å². The monoisotopic (exact) mass is 412 g/mol. The fourth-order valence-electron chi connectivity index (χ4n) is 2.42. The maximum atomic E-state index is 12.4. The van der Waals surface area contributed by atoms with Crippen LogP contribution < -0.4 is 5.32 Å². The van der Waals surface area contributed by atoms with Crippen molar-refractivity contribution >= 4 is 55.1 Å². The second-order valence-electron chi connectivity index (χ2n) is 5.46. The molecule has 3 rings (SSSR count). The lowest BCUT2D eigenvalue weighted by atomic mass is 10.1. The molecule has 124 valence electrons. The van der Waals surface area contributed by atoms with Gasteiger partial charge in [0.2, 0.25) is 0 Å². The van der Waals surface area contributed by atoms with Crippen LogP contribution in [0.25, 0.3) is 12.2 Å². The van der Waals surface area contributed by atoms with E-state index in [0.717, 1.165) is 15.6 Å². The molecule has 4 nitrogen and oxygen atoms in total. The van der Waals surface area contributed by atoms with Crippen LogP contribution in [0.2, 0.25) is 0 Å². The van der Waals surface area contributed by atoms with E-state index in [0.29, 0.717) is 10.6 Å². The van der Waals surface area contributed by atoms with E-state index >= 15 is 0 Å². The van der Waals surface area contributed by atoms with Crippen molar-refractivity contribution in [1.29, 1.82) is 5.26 Å². The molecule has 1 heterocycles. The number of nitrogens with one attached hydrogen (secondary N) is 1. The van der Waals surface area contributed by atoms with Gasteiger partial charge in [-0.25, -0.2) is 0 Å². The number of nitrogens with zero attached hydrogens (tertiary/aromatic N) is 1. The highest BCUT2D eigenvalue weighted by Gasteiger charge is 2.17. The molecular formula is C19H13BrN2O2S. The van der Waals surface area contributed by atoms with Crippen LogP contribution in [0.4, 0.5) is 5.69 Å². The van der Waals surface area contributed by atoms with Crippen molar-refractivity contribution in [3.05, 3.63) is 69.0 Å². The Labute approximate surface area is 154 Å². The largest absolute Gasteiger partial charge is 0.321 e. The van der Waals surface area contributed by atoms with Gasteiger partial charge < -0.3 is 5.32 Å². The number of benzene rings is 2. The molecule has 1 aliphatic rings. The molecule has 1 N–H and O–H groups in total. The number of hydrogen-bond acceptors (Lipinski definition) is 3. The minimum atomic E-state index is -2.46. The molecule has 25 heavy (non-hydrogen) atoms. The Morgan fingerprint density at radius 1 is 1.28 bits per heavy atom. The normalized spacial score (nSPS) is 18.5. The number of amides is 1. The summed E-state index contributed by atoms with van der Waals surface area (Å²) in [5.41, 5.74) is 2.01. The molecule has 6 heteroatoms. The number of carbonyl (C=O) groups is 1. The number of hydrogen-bond donors (Lipinski definition) is 1. The SMILES string of the molecule is C=S1(=O)C=Cc2ccc(NC(=O)C(C#N)=Cc3cccc(Br)c3)cc21. The van der Waals surface area contributed by atoms with Gasteiger partial charge >= 0.3 is 0 Å². The number of halogens is 1. The van der Waals surface area contributed by atoms with Gasteiger partial charge in [-0.05, 0) is 58.8 Å². The second-order valence-corrected chi connectivity index (χ2v) is 8.54. The molecule has 0 bridgehead atoms. The van der Waals surface area contributed by atoms with Crippen LogP contribution in [0.3, 0.4) is 0 Å². The van der Waals surface area contributed by atoms with E-state index in [2.05, 4.69) is 27.1 Å². The topological polar surface area (TPSA) is 70.0 Å². The Balaban J connectivity index is 1.86. The smallest absolute Gasteiger partial charge is 0.266 e. The number of rotatable bonds is 3. The zero-order chi connectivity index (χ0) is 18.0. The Hall–Kier alpha value is -2.62. The first-order valence-electron chi connectivity index (χ1n) is 7.27. The fourth-order valence-corrected chi connectivity index (χ4v) is 4.21. The zero-order valence-corrected chi connectivity index (χ0v) is 15.4. The molecule has 1 aliphatic heterocycles. The lowest BCUT2D eigenvalue weighted by Crippen LogP contribution is -2.13. The number of carbonyl (C=O) groups excluding carboxylic acids is 1. The van der Waals surface area contributed by atoms with Gasteiger partial charge in [-0.3, -0.25) is 9.00 Å². The Morgan fingerprint density at radius 2 is 2.08 bits per heavy atom. The Bertz CT molecular complexity index is 1080. The molecule has 2 aromatic carbocycles. The minimum absolute atomic E-state index is 0.0212. The highest BCUT2D eigenvalue weighted by Crippen LogP contribution is 2.29. The molecule has 0 fully saturated rings. The lowest BCUT2D eigenvalue weighted by Gasteiger charge is -2.08. The molecule has 1 amide bonds. The molecule has 0 aromatic heterocycles. The van der Waals surface area contributed by atoms with Crippen molar-refractivity contribution < 1.29 is 9.00 Å².